The Morgan fingerprint density at radius 1 is 1.25 bits per heavy atom. The van der Waals surface area contributed by atoms with E-state index in [9.17, 15) is 5.11 Å². The topological polar surface area (TPSA) is 85.7 Å². The maximum absolute atomic E-state index is 9.78. The van der Waals surface area contributed by atoms with Crippen LogP contribution in [-0.2, 0) is 0 Å². The fraction of sp³-hybridized carbons (Fsp3) is 0.118. The van der Waals surface area contributed by atoms with Crippen molar-refractivity contribution in [3.63, 3.8) is 0 Å². The summed E-state index contributed by atoms with van der Waals surface area (Å²) in [6.07, 6.45) is 3.20. The minimum Gasteiger partial charge on any atom is -0.508 e. The number of phenols is 1. The number of furan rings is 1. The molecule has 118 valence electrons. The molecule has 1 aliphatic heterocycles. The molecule has 24 heavy (non-hydrogen) atoms. The van der Waals surface area contributed by atoms with Gasteiger partial charge in [-0.25, -0.2) is 14.5 Å². The van der Waals surface area contributed by atoms with Crippen molar-refractivity contribution in [1.29, 1.82) is 0 Å². The lowest BCUT2D eigenvalue weighted by atomic mass is 9.87. The van der Waals surface area contributed by atoms with Gasteiger partial charge in [0.05, 0.1) is 17.7 Å². The van der Waals surface area contributed by atoms with Gasteiger partial charge in [0.1, 0.15) is 29.4 Å². The lowest BCUT2D eigenvalue weighted by Crippen LogP contribution is -2.14. The van der Waals surface area contributed by atoms with E-state index in [1.807, 2.05) is 25.1 Å². The third kappa shape index (κ3) is 1.75. The second-order valence-electron chi connectivity index (χ2n) is 5.66. The van der Waals surface area contributed by atoms with Gasteiger partial charge in [-0.3, -0.25) is 0 Å². The van der Waals surface area contributed by atoms with Crippen molar-refractivity contribution < 1.29 is 14.3 Å². The minimum atomic E-state index is -0.237. The molecule has 4 heterocycles. The first-order chi connectivity index (χ1) is 11.7. The van der Waals surface area contributed by atoms with Gasteiger partial charge in [-0.1, -0.05) is 6.07 Å². The van der Waals surface area contributed by atoms with Crippen molar-refractivity contribution in [2.75, 3.05) is 0 Å². The minimum absolute atomic E-state index is 0.134. The van der Waals surface area contributed by atoms with Gasteiger partial charge in [0.25, 0.3) is 0 Å². The predicted octanol–water partition coefficient (Wildman–Crippen LogP) is 3.02. The molecule has 1 N–H and O–H groups in total. The molecule has 0 saturated heterocycles. The van der Waals surface area contributed by atoms with E-state index < -0.39 is 0 Å². The summed E-state index contributed by atoms with van der Waals surface area (Å²) in [4.78, 5) is 8.88. The molecule has 1 aliphatic rings. The maximum Gasteiger partial charge on any atom is 0.228 e. The summed E-state index contributed by atoms with van der Waals surface area (Å²) in [5, 5.41) is 14.1. The average molecular weight is 320 g/mol. The Kier molecular flexibility index (Phi) is 2.50. The second kappa shape index (κ2) is 4.58. The quantitative estimate of drug-likeness (QED) is 0.511. The van der Waals surface area contributed by atoms with E-state index in [1.165, 1.54) is 0 Å². The van der Waals surface area contributed by atoms with Gasteiger partial charge < -0.3 is 14.3 Å². The third-order valence-corrected chi connectivity index (χ3v) is 4.12. The Balaban J connectivity index is 1.86. The number of benzene rings is 1. The van der Waals surface area contributed by atoms with Crippen LogP contribution in [0.25, 0.3) is 5.65 Å². The van der Waals surface area contributed by atoms with Gasteiger partial charge in [-0.05, 0) is 25.1 Å². The molecule has 0 fully saturated rings. The normalized spacial score (nSPS) is 15.8. The Bertz CT molecular complexity index is 1070. The molecular weight excluding hydrogens is 308 g/mol. The van der Waals surface area contributed by atoms with E-state index in [4.69, 9.17) is 9.15 Å². The Morgan fingerprint density at radius 3 is 3.00 bits per heavy atom. The first-order valence-corrected chi connectivity index (χ1v) is 7.47. The number of hydrogen-bond acceptors (Lipinski definition) is 6. The summed E-state index contributed by atoms with van der Waals surface area (Å²) in [5.41, 5.74) is 2.36. The largest absolute Gasteiger partial charge is 0.508 e. The zero-order chi connectivity index (χ0) is 16.3. The van der Waals surface area contributed by atoms with Gasteiger partial charge in [0.2, 0.25) is 5.88 Å². The average Bonchev–Trinajstić information content (AvgIpc) is 3.20. The highest BCUT2D eigenvalue weighted by molar-refractivity contribution is 5.65. The van der Waals surface area contributed by atoms with Crippen LogP contribution in [0.15, 0.2) is 47.3 Å². The SMILES string of the molecule is Cc1nc2c3c(ncn2n1)Oc1cc(O)ccc1[C@@H]3c1ccco1. The fourth-order valence-corrected chi connectivity index (χ4v) is 3.16. The molecule has 0 aliphatic carbocycles. The van der Waals surface area contributed by atoms with E-state index in [0.717, 1.165) is 16.9 Å². The highest BCUT2D eigenvalue weighted by atomic mass is 16.5. The van der Waals surface area contributed by atoms with E-state index in [2.05, 4.69) is 15.1 Å². The van der Waals surface area contributed by atoms with E-state index in [0.29, 0.717) is 23.1 Å². The van der Waals surface area contributed by atoms with E-state index in [1.54, 1.807) is 29.2 Å². The van der Waals surface area contributed by atoms with Crippen LogP contribution in [0.1, 0.15) is 28.6 Å². The fourth-order valence-electron chi connectivity index (χ4n) is 3.16. The van der Waals surface area contributed by atoms with Crippen LogP contribution in [-0.4, -0.2) is 24.7 Å². The molecule has 7 nitrogen and oxygen atoms in total. The molecule has 1 aromatic carbocycles. The van der Waals surface area contributed by atoms with Crippen LogP contribution in [0, 0.1) is 6.92 Å². The van der Waals surface area contributed by atoms with Crippen molar-refractivity contribution in [3.8, 4) is 17.4 Å². The number of nitrogens with zero attached hydrogens (tertiary/aromatic N) is 4. The van der Waals surface area contributed by atoms with E-state index >= 15 is 0 Å². The summed E-state index contributed by atoms with van der Waals surface area (Å²) in [6, 6.07) is 8.78. The van der Waals surface area contributed by atoms with Crippen LogP contribution in [0.5, 0.6) is 17.4 Å². The molecule has 0 saturated carbocycles. The number of rotatable bonds is 1. The van der Waals surface area contributed by atoms with Crippen LogP contribution >= 0.6 is 0 Å². The molecule has 1 atom stereocenters. The number of hydrogen-bond donors (Lipinski definition) is 1. The van der Waals surface area contributed by atoms with Crippen molar-refractivity contribution in [1.82, 2.24) is 19.6 Å². The molecule has 3 aromatic heterocycles. The number of aryl methyl sites for hydroxylation is 1. The van der Waals surface area contributed by atoms with Crippen LogP contribution in [0.4, 0.5) is 0 Å². The third-order valence-electron chi connectivity index (χ3n) is 4.12. The Morgan fingerprint density at radius 2 is 2.17 bits per heavy atom. The summed E-state index contributed by atoms with van der Waals surface area (Å²) in [6.45, 7) is 1.83. The van der Waals surface area contributed by atoms with E-state index in [-0.39, 0.29) is 11.7 Å². The van der Waals surface area contributed by atoms with Crippen molar-refractivity contribution >= 4 is 5.65 Å². The van der Waals surface area contributed by atoms with Gasteiger partial charge in [-0.15, -0.1) is 0 Å². The number of fused-ring (bicyclic) bond motifs is 4. The zero-order valence-corrected chi connectivity index (χ0v) is 12.7. The second-order valence-corrected chi connectivity index (χ2v) is 5.66. The van der Waals surface area contributed by atoms with Crippen molar-refractivity contribution in [2.45, 2.75) is 12.8 Å². The molecule has 0 bridgehead atoms. The van der Waals surface area contributed by atoms with Crippen LogP contribution in [0.3, 0.4) is 0 Å². The lowest BCUT2D eigenvalue weighted by molar-refractivity contribution is 0.409. The number of aromatic hydroxyl groups is 1. The number of phenolic OH excluding ortho intramolecular Hbond substituents is 1. The lowest BCUT2D eigenvalue weighted by Gasteiger charge is -2.26. The molecule has 4 aromatic rings. The highest BCUT2D eigenvalue weighted by Gasteiger charge is 2.34. The van der Waals surface area contributed by atoms with Crippen molar-refractivity contribution in [2.24, 2.45) is 0 Å². The maximum atomic E-state index is 9.78. The van der Waals surface area contributed by atoms with Crippen LogP contribution < -0.4 is 4.74 Å². The first-order valence-electron chi connectivity index (χ1n) is 7.47. The smallest absolute Gasteiger partial charge is 0.228 e. The molecule has 0 unspecified atom stereocenters. The predicted molar refractivity (Wildman–Crippen MR) is 83.4 cm³/mol. The molecule has 0 radical (unpaired) electrons. The molecule has 0 amide bonds. The Labute approximate surface area is 136 Å². The van der Waals surface area contributed by atoms with Crippen LogP contribution in [0.2, 0.25) is 0 Å². The zero-order valence-electron chi connectivity index (χ0n) is 12.7. The summed E-state index contributed by atoms with van der Waals surface area (Å²) in [5.74, 6) is 2.29. The molecular formula is C17H12N4O3. The summed E-state index contributed by atoms with van der Waals surface area (Å²) >= 11 is 0. The molecule has 7 heteroatoms. The van der Waals surface area contributed by atoms with Gasteiger partial charge >= 0.3 is 0 Å². The highest BCUT2D eigenvalue weighted by Crippen LogP contribution is 2.48. The van der Waals surface area contributed by atoms with Gasteiger partial charge in [-0.2, -0.15) is 5.10 Å². The summed E-state index contributed by atoms with van der Waals surface area (Å²) < 4.78 is 13.2. The monoisotopic (exact) mass is 320 g/mol. The number of aromatic nitrogens is 4. The Hall–Kier alpha value is -3.35. The van der Waals surface area contributed by atoms with Gasteiger partial charge in [0, 0.05) is 11.6 Å². The standard InChI is InChI=1S/C17H12N4O3/c1-9-19-16-15-14(12-3-2-6-23-12)11-5-4-10(22)7-13(11)24-17(15)18-8-21(16)20-9/h2-8,14,22H,1H3/t14-/m1/s1. The van der Waals surface area contributed by atoms with Crippen molar-refractivity contribution in [3.05, 3.63) is 65.6 Å². The molecule has 0 spiro atoms. The van der Waals surface area contributed by atoms with Gasteiger partial charge in [0.15, 0.2) is 5.65 Å². The first kappa shape index (κ1) is 13.1. The summed E-state index contributed by atoms with van der Waals surface area (Å²) in [7, 11) is 0. The molecule has 5 rings (SSSR count). The number of ether oxygens (including phenoxy) is 1.